The predicted molar refractivity (Wildman–Crippen MR) is 57.6 cm³/mol. The number of fused-ring (bicyclic) bond motifs is 1. The number of nitro groups is 1. The molecular weight excluding hydrogens is 228 g/mol. The number of hydrogen-bond acceptors (Lipinski definition) is 6. The monoisotopic (exact) mass is 234 g/mol. The van der Waals surface area contributed by atoms with Gasteiger partial charge in [0.15, 0.2) is 0 Å². The minimum atomic E-state index is -1.31. The van der Waals surface area contributed by atoms with Crippen LogP contribution in [-0.2, 0) is 0 Å². The van der Waals surface area contributed by atoms with Crippen molar-refractivity contribution in [2.75, 3.05) is 5.73 Å². The quantitative estimate of drug-likeness (QED) is 0.580. The van der Waals surface area contributed by atoms with Gasteiger partial charge in [-0.05, 0) is 0 Å². The van der Waals surface area contributed by atoms with Gasteiger partial charge in [0.1, 0.15) is 12.1 Å². The van der Waals surface area contributed by atoms with Crippen molar-refractivity contribution in [3.63, 3.8) is 0 Å². The maximum atomic E-state index is 11.0. The lowest BCUT2D eigenvalue weighted by molar-refractivity contribution is -0.384. The minimum Gasteiger partial charge on any atom is -0.478 e. The smallest absolute Gasteiger partial charge is 0.338 e. The maximum Gasteiger partial charge on any atom is 0.338 e. The molecule has 1 aromatic carbocycles. The summed E-state index contributed by atoms with van der Waals surface area (Å²) in [6, 6.07) is 2.09. The summed E-state index contributed by atoms with van der Waals surface area (Å²) >= 11 is 0. The van der Waals surface area contributed by atoms with Gasteiger partial charge < -0.3 is 10.8 Å². The van der Waals surface area contributed by atoms with E-state index in [2.05, 4.69) is 9.97 Å². The first-order valence-corrected chi connectivity index (χ1v) is 4.42. The van der Waals surface area contributed by atoms with Crippen molar-refractivity contribution >= 4 is 28.4 Å². The molecule has 1 aromatic heterocycles. The van der Waals surface area contributed by atoms with Crippen LogP contribution < -0.4 is 5.73 Å². The zero-order valence-corrected chi connectivity index (χ0v) is 8.32. The minimum absolute atomic E-state index is 0.00111. The number of nitrogen functional groups attached to an aromatic ring is 1. The van der Waals surface area contributed by atoms with Gasteiger partial charge in [-0.25, -0.2) is 14.8 Å². The second-order valence-corrected chi connectivity index (χ2v) is 3.21. The molecule has 0 fully saturated rings. The maximum absolute atomic E-state index is 11.0. The summed E-state index contributed by atoms with van der Waals surface area (Å²) in [7, 11) is 0. The predicted octanol–water partition coefficient (Wildman–Crippen LogP) is 0.818. The number of hydrogen-bond donors (Lipinski definition) is 2. The van der Waals surface area contributed by atoms with Gasteiger partial charge in [-0.1, -0.05) is 0 Å². The Balaban J connectivity index is 2.91. The number of benzene rings is 1. The standard InChI is InChI=1S/C9H6N4O4/c10-8-5-1-4(13(16)17)2-6(9(14)15)7(5)11-3-12-8/h1-3H,(H,14,15)(H2,10,11,12). The molecule has 17 heavy (non-hydrogen) atoms. The zero-order valence-electron chi connectivity index (χ0n) is 8.32. The summed E-state index contributed by atoms with van der Waals surface area (Å²) < 4.78 is 0. The number of carboxylic acids is 1. The topological polar surface area (TPSA) is 132 Å². The largest absolute Gasteiger partial charge is 0.478 e. The van der Waals surface area contributed by atoms with E-state index in [-0.39, 0.29) is 28.0 Å². The molecule has 0 spiro atoms. The number of nitrogens with zero attached hydrogens (tertiary/aromatic N) is 3. The van der Waals surface area contributed by atoms with Crippen LogP contribution in [0, 0.1) is 10.1 Å². The van der Waals surface area contributed by atoms with E-state index in [1.807, 2.05) is 0 Å². The molecule has 0 aliphatic rings. The highest BCUT2D eigenvalue weighted by atomic mass is 16.6. The average molecular weight is 234 g/mol. The molecule has 0 aliphatic carbocycles. The van der Waals surface area contributed by atoms with Crippen LogP contribution in [0.5, 0.6) is 0 Å². The van der Waals surface area contributed by atoms with Crippen molar-refractivity contribution in [2.45, 2.75) is 0 Å². The molecule has 0 radical (unpaired) electrons. The van der Waals surface area contributed by atoms with Gasteiger partial charge in [0.05, 0.1) is 21.4 Å². The lowest BCUT2D eigenvalue weighted by Gasteiger charge is -2.03. The van der Waals surface area contributed by atoms with E-state index in [9.17, 15) is 14.9 Å². The molecule has 1 heterocycles. The van der Waals surface area contributed by atoms with Gasteiger partial charge in [-0.2, -0.15) is 0 Å². The van der Waals surface area contributed by atoms with Crippen molar-refractivity contribution < 1.29 is 14.8 Å². The van der Waals surface area contributed by atoms with Gasteiger partial charge in [0.25, 0.3) is 5.69 Å². The summed E-state index contributed by atoms with van der Waals surface area (Å²) in [5.74, 6) is -1.31. The summed E-state index contributed by atoms with van der Waals surface area (Å²) in [6.07, 6.45) is 1.11. The summed E-state index contributed by atoms with van der Waals surface area (Å²) in [5.41, 5.74) is 4.97. The fourth-order valence-electron chi connectivity index (χ4n) is 1.44. The van der Waals surface area contributed by atoms with Crippen molar-refractivity contribution in [2.24, 2.45) is 0 Å². The van der Waals surface area contributed by atoms with Crippen molar-refractivity contribution in [3.05, 3.63) is 34.1 Å². The summed E-state index contributed by atoms with van der Waals surface area (Å²) in [5, 5.41) is 19.8. The molecule has 0 saturated carbocycles. The van der Waals surface area contributed by atoms with Gasteiger partial charge in [-0.15, -0.1) is 0 Å². The van der Waals surface area contributed by atoms with Gasteiger partial charge in [0.2, 0.25) is 0 Å². The molecular formula is C9H6N4O4. The number of nitro benzene ring substituents is 1. The number of rotatable bonds is 2. The number of carboxylic acid groups (broad SMARTS) is 1. The summed E-state index contributed by atoms with van der Waals surface area (Å²) in [4.78, 5) is 28.4. The van der Waals surface area contributed by atoms with Crippen molar-refractivity contribution in [3.8, 4) is 0 Å². The third-order valence-electron chi connectivity index (χ3n) is 2.20. The second kappa shape index (κ2) is 3.67. The van der Waals surface area contributed by atoms with Crippen LogP contribution in [0.3, 0.4) is 0 Å². The van der Waals surface area contributed by atoms with Crippen LogP contribution in [0.25, 0.3) is 10.9 Å². The second-order valence-electron chi connectivity index (χ2n) is 3.21. The van der Waals surface area contributed by atoms with E-state index in [1.165, 1.54) is 0 Å². The van der Waals surface area contributed by atoms with Crippen LogP contribution in [0.15, 0.2) is 18.5 Å². The van der Waals surface area contributed by atoms with Gasteiger partial charge >= 0.3 is 5.97 Å². The first-order chi connectivity index (χ1) is 8.00. The number of nitrogens with two attached hydrogens (primary N) is 1. The molecule has 0 atom stereocenters. The average Bonchev–Trinajstić information content (AvgIpc) is 2.28. The van der Waals surface area contributed by atoms with E-state index in [0.717, 1.165) is 18.5 Å². The van der Waals surface area contributed by atoms with Crippen LogP contribution in [0.1, 0.15) is 10.4 Å². The Morgan fingerprint density at radius 1 is 1.41 bits per heavy atom. The number of aromatic nitrogens is 2. The highest BCUT2D eigenvalue weighted by Crippen LogP contribution is 2.26. The molecule has 86 valence electrons. The van der Waals surface area contributed by atoms with Crippen LogP contribution >= 0.6 is 0 Å². The Hall–Kier alpha value is -2.77. The van der Waals surface area contributed by atoms with E-state index < -0.39 is 10.9 Å². The molecule has 0 saturated heterocycles. The molecule has 2 rings (SSSR count). The summed E-state index contributed by atoms with van der Waals surface area (Å²) in [6.45, 7) is 0. The Kier molecular flexibility index (Phi) is 2.32. The molecule has 3 N–H and O–H groups in total. The molecule has 0 amide bonds. The lowest BCUT2D eigenvalue weighted by atomic mass is 10.1. The number of non-ortho nitro benzene ring substituents is 1. The lowest BCUT2D eigenvalue weighted by Crippen LogP contribution is -2.03. The van der Waals surface area contributed by atoms with Crippen molar-refractivity contribution in [1.29, 1.82) is 0 Å². The third kappa shape index (κ3) is 1.71. The highest BCUT2D eigenvalue weighted by Gasteiger charge is 2.18. The third-order valence-corrected chi connectivity index (χ3v) is 2.20. The Bertz CT molecular complexity index is 640. The van der Waals surface area contributed by atoms with E-state index in [1.54, 1.807) is 0 Å². The Morgan fingerprint density at radius 2 is 2.12 bits per heavy atom. The first-order valence-electron chi connectivity index (χ1n) is 4.42. The van der Waals surface area contributed by atoms with E-state index >= 15 is 0 Å². The number of aromatic carboxylic acids is 1. The van der Waals surface area contributed by atoms with E-state index in [4.69, 9.17) is 10.8 Å². The first kappa shape index (κ1) is 10.7. The van der Waals surface area contributed by atoms with Crippen LogP contribution in [0.2, 0.25) is 0 Å². The molecule has 0 aliphatic heterocycles. The van der Waals surface area contributed by atoms with Crippen molar-refractivity contribution in [1.82, 2.24) is 9.97 Å². The van der Waals surface area contributed by atoms with Gasteiger partial charge in [-0.3, -0.25) is 10.1 Å². The molecule has 0 unspecified atom stereocenters. The molecule has 8 heteroatoms. The van der Waals surface area contributed by atoms with E-state index in [0.29, 0.717) is 0 Å². The molecule has 2 aromatic rings. The molecule has 8 nitrogen and oxygen atoms in total. The Labute approximate surface area is 93.9 Å². The van der Waals surface area contributed by atoms with Crippen LogP contribution in [-0.4, -0.2) is 26.0 Å². The Morgan fingerprint density at radius 3 is 2.71 bits per heavy atom. The fourth-order valence-corrected chi connectivity index (χ4v) is 1.44. The normalized spacial score (nSPS) is 10.4. The number of carbonyl (C=O) groups is 1. The van der Waals surface area contributed by atoms with Gasteiger partial charge in [0, 0.05) is 12.1 Å². The fraction of sp³-hybridized carbons (Fsp3) is 0. The highest BCUT2D eigenvalue weighted by molar-refractivity contribution is 6.05. The number of anilines is 1. The zero-order chi connectivity index (χ0) is 12.6. The molecule has 0 bridgehead atoms. The van der Waals surface area contributed by atoms with Crippen LogP contribution in [0.4, 0.5) is 11.5 Å². The SMILES string of the molecule is Nc1ncnc2c(C(=O)O)cc([N+](=O)[O-])cc12.